The zero-order valence-corrected chi connectivity index (χ0v) is 15.8. The number of aryl methyl sites for hydroxylation is 2. The minimum Gasteiger partial charge on any atom is -0.352 e. The summed E-state index contributed by atoms with van der Waals surface area (Å²) in [4.78, 5) is 36.7. The zero-order chi connectivity index (χ0) is 18.5. The van der Waals surface area contributed by atoms with Gasteiger partial charge in [-0.1, -0.05) is 11.8 Å². The molecular weight excluding hydrogens is 350 g/mol. The summed E-state index contributed by atoms with van der Waals surface area (Å²) in [5.74, 6) is -0.136. The van der Waals surface area contributed by atoms with Gasteiger partial charge in [-0.3, -0.25) is 9.36 Å². The minimum absolute atomic E-state index is 0.0183. The third-order valence-electron chi connectivity index (χ3n) is 4.50. The second-order valence-corrected chi connectivity index (χ2v) is 7.87. The van der Waals surface area contributed by atoms with E-state index in [2.05, 4.69) is 20.3 Å². The lowest BCUT2D eigenvalue weighted by molar-refractivity contribution is -0.122. The predicted octanol–water partition coefficient (Wildman–Crippen LogP) is 1.87. The van der Waals surface area contributed by atoms with E-state index in [0.29, 0.717) is 10.9 Å². The summed E-state index contributed by atoms with van der Waals surface area (Å²) in [5.41, 5.74) is 1.05. The number of nitrogens with zero attached hydrogens (tertiary/aromatic N) is 4. The Balaban J connectivity index is 1.49. The smallest absolute Gasteiger partial charge is 0.348 e. The van der Waals surface area contributed by atoms with Gasteiger partial charge in [-0.15, -0.1) is 0 Å². The number of rotatable bonds is 5. The average Bonchev–Trinajstić information content (AvgIpc) is 2.61. The van der Waals surface area contributed by atoms with Crippen LogP contribution in [0.5, 0.6) is 0 Å². The van der Waals surface area contributed by atoms with Gasteiger partial charge in [-0.2, -0.15) is 4.98 Å². The van der Waals surface area contributed by atoms with Crippen molar-refractivity contribution in [2.75, 3.05) is 0 Å². The van der Waals surface area contributed by atoms with E-state index in [1.54, 1.807) is 31.1 Å². The Morgan fingerprint density at radius 3 is 2.58 bits per heavy atom. The molecule has 0 aromatic carbocycles. The topological polar surface area (TPSA) is 89.8 Å². The highest BCUT2D eigenvalue weighted by molar-refractivity contribution is 7.99. The molecule has 7 nitrogen and oxygen atoms in total. The van der Waals surface area contributed by atoms with Crippen molar-refractivity contribution in [3.05, 3.63) is 46.4 Å². The van der Waals surface area contributed by atoms with Crippen LogP contribution in [0.25, 0.3) is 0 Å². The molecule has 1 aliphatic rings. The minimum atomic E-state index is -0.374. The standard InChI is InChI=1S/C18H23N5O2S/c1-12-10-13(2)23(18(25)21-12)11-16(24)22-14-4-6-15(7-5-14)26-17-19-8-3-9-20-17/h3,8-10,14-15H,4-7,11H2,1-2H3,(H,22,24). The van der Waals surface area contributed by atoms with Gasteiger partial charge in [-0.25, -0.2) is 14.8 Å². The molecule has 0 saturated heterocycles. The lowest BCUT2D eigenvalue weighted by Crippen LogP contribution is -2.41. The van der Waals surface area contributed by atoms with Crippen LogP contribution in [-0.4, -0.2) is 36.7 Å². The summed E-state index contributed by atoms with van der Waals surface area (Å²) >= 11 is 1.70. The third kappa shape index (κ3) is 4.91. The molecule has 26 heavy (non-hydrogen) atoms. The fourth-order valence-electron chi connectivity index (χ4n) is 3.20. The molecule has 0 unspecified atom stereocenters. The number of aromatic nitrogens is 4. The molecule has 1 fully saturated rings. The lowest BCUT2D eigenvalue weighted by Gasteiger charge is -2.28. The van der Waals surface area contributed by atoms with Crippen molar-refractivity contribution in [3.8, 4) is 0 Å². The molecule has 0 radical (unpaired) electrons. The van der Waals surface area contributed by atoms with Crippen molar-refractivity contribution in [2.45, 2.75) is 62.5 Å². The number of amides is 1. The Morgan fingerprint density at radius 2 is 1.92 bits per heavy atom. The van der Waals surface area contributed by atoms with Gasteiger partial charge >= 0.3 is 5.69 Å². The number of thioether (sulfide) groups is 1. The zero-order valence-electron chi connectivity index (χ0n) is 15.0. The molecular formula is C18H23N5O2S. The molecule has 1 saturated carbocycles. The summed E-state index contributed by atoms with van der Waals surface area (Å²) < 4.78 is 1.41. The molecule has 8 heteroatoms. The monoisotopic (exact) mass is 373 g/mol. The maximum Gasteiger partial charge on any atom is 0.348 e. The summed E-state index contributed by atoms with van der Waals surface area (Å²) in [6.45, 7) is 3.61. The quantitative estimate of drug-likeness (QED) is 0.805. The average molecular weight is 373 g/mol. The van der Waals surface area contributed by atoms with E-state index in [4.69, 9.17) is 0 Å². The van der Waals surface area contributed by atoms with Crippen LogP contribution in [-0.2, 0) is 11.3 Å². The molecule has 1 aliphatic carbocycles. The van der Waals surface area contributed by atoms with E-state index in [-0.39, 0.29) is 24.2 Å². The van der Waals surface area contributed by atoms with Gasteiger partial charge < -0.3 is 5.32 Å². The van der Waals surface area contributed by atoms with E-state index in [0.717, 1.165) is 36.5 Å². The van der Waals surface area contributed by atoms with Gasteiger partial charge in [-0.05, 0) is 51.7 Å². The first-order valence-corrected chi connectivity index (χ1v) is 9.67. The SMILES string of the molecule is Cc1cc(C)n(CC(=O)NC2CCC(Sc3ncccn3)CC2)c(=O)n1. The number of nitrogens with one attached hydrogen (secondary N) is 1. The highest BCUT2D eigenvalue weighted by Crippen LogP contribution is 2.31. The molecule has 2 heterocycles. The summed E-state index contributed by atoms with van der Waals surface area (Å²) in [6, 6.07) is 3.78. The highest BCUT2D eigenvalue weighted by Gasteiger charge is 2.24. The molecule has 0 aliphatic heterocycles. The number of carbonyl (C=O) groups excluding carboxylic acids is 1. The van der Waals surface area contributed by atoms with Gasteiger partial charge in [0.2, 0.25) is 5.91 Å². The molecule has 0 spiro atoms. The van der Waals surface area contributed by atoms with Crippen LogP contribution in [0.2, 0.25) is 0 Å². The fraction of sp³-hybridized carbons (Fsp3) is 0.500. The van der Waals surface area contributed by atoms with Crippen molar-refractivity contribution in [3.63, 3.8) is 0 Å². The van der Waals surface area contributed by atoms with Gasteiger partial charge in [0.1, 0.15) is 6.54 Å². The van der Waals surface area contributed by atoms with Crippen molar-refractivity contribution in [2.24, 2.45) is 0 Å². The largest absolute Gasteiger partial charge is 0.352 e. The molecule has 0 bridgehead atoms. The molecule has 2 aromatic heterocycles. The predicted molar refractivity (Wildman–Crippen MR) is 100 cm³/mol. The van der Waals surface area contributed by atoms with Crippen molar-refractivity contribution < 1.29 is 4.79 Å². The normalized spacial score (nSPS) is 19.9. The summed E-state index contributed by atoms with van der Waals surface area (Å²) in [7, 11) is 0. The van der Waals surface area contributed by atoms with Crippen molar-refractivity contribution in [1.82, 2.24) is 24.8 Å². The van der Waals surface area contributed by atoms with E-state index in [1.165, 1.54) is 4.57 Å². The van der Waals surface area contributed by atoms with E-state index >= 15 is 0 Å². The van der Waals surface area contributed by atoms with Crippen LogP contribution in [0.1, 0.15) is 37.1 Å². The molecule has 1 amide bonds. The van der Waals surface area contributed by atoms with Crippen LogP contribution < -0.4 is 11.0 Å². The van der Waals surface area contributed by atoms with Gasteiger partial charge in [0.05, 0.1) is 0 Å². The fourth-order valence-corrected chi connectivity index (χ4v) is 4.25. The van der Waals surface area contributed by atoms with Gasteiger partial charge in [0.25, 0.3) is 0 Å². The number of hydrogen-bond acceptors (Lipinski definition) is 6. The Kier molecular flexibility index (Phi) is 6.03. The highest BCUT2D eigenvalue weighted by atomic mass is 32.2. The van der Waals surface area contributed by atoms with E-state index in [9.17, 15) is 9.59 Å². The molecule has 1 N–H and O–H groups in total. The van der Waals surface area contributed by atoms with Crippen LogP contribution >= 0.6 is 11.8 Å². The van der Waals surface area contributed by atoms with E-state index in [1.807, 2.05) is 19.1 Å². The second kappa shape index (κ2) is 8.44. The van der Waals surface area contributed by atoms with Crippen molar-refractivity contribution in [1.29, 1.82) is 0 Å². The maximum atomic E-state index is 12.3. The number of hydrogen-bond donors (Lipinski definition) is 1. The van der Waals surface area contributed by atoms with Crippen molar-refractivity contribution >= 4 is 17.7 Å². The Hall–Kier alpha value is -2.22. The Labute approximate surface area is 156 Å². The molecule has 2 aromatic rings. The van der Waals surface area contributed by atoms with Crippen LogP contribution in [0, 0.1) is 13.8 Å². The van der Waals surface area contributed by atoms with E-state index < -0.39 is 0 Å². The van der Waals surface area contributed by atoms with Crippen LogP contribution in [0.15, 0.2) is 34.5 Å². The first kappa shape index (κ1) is 18.6. The molecule has 3 rings (SSSR count). The van der Waals surface area contributed by atoms with Crippen LogP contribution in [0.4, 0.5) is 0 Å². The third-order valence-corrected chi connectivity index (χ3v) is 5.73. The molecule has 138 valence electrons. The Morgan fingerprint density at radius 1 is 1.23 bits per heavy atom. The second-order valence-electron chi connectivity index (χ2n) is 6.60. The van der Waals surface area contributed by atoms with Gasteiger partial charge in [0.15, 0.2) is 5.16 Å². The summed E-state index contributed by atoms with van der Waals surface area (Å²) in [5, 5.41) is 4.34. The lowest BCUT2D eigenvalue weighted by atomic mass is 9.95. The summed E-state index contributed by atoms with van der Waals surface area (Å²) in [6.07, 6.45) is 7.39. The Bertz CT molecular complexity index is 816. The first-order valence-electron chi connectivity index (χ1n) is 8.79. The maximum absolute atomic E-state index is 12.3. The van der Waals surface area contributed by atoms with Gasteiger partial charge in [0, 0.05) is 35.1 Å². The van der Waals surface area contributed by atoms with Crippen LogP contribution in [0.3, 0.4) is 0 Å². The molecule has 0 atom stereocenters. The number of carbonyl (C=O) groups is 1. The first-order chi connectivity index (χ1) is 12.5.